The SMILES string of the molecule is COc1cccnc1C(CC(C)C)C(=O)[O-].[Na+]. The summed E-state index contributed by atoms with van der Waals surface area (Å²) in [6.07, 6.45) is 2.06. The predicted octanol–water partition coefficient (Wildman–Crippen LogP) is -2.03. The largest absolute Gasteiger partial charge is 1.00 e. The van der Waals surface area contributed by atoms with Crippen molar-refractivity contribution >= 4 is 5.97 Å². The third kappa shape index (κ3) is 4.66. The topological polar surface area (TPSA) is 62.2 Å². The zero-order valence-corrected chi connectivity index (χ0v) is 12.8. The number of carboxylic acid groups (broad SMARTS) is 1. The van der Waals surface area contributed by atoms with Crippen LogP contribution >= 0.6 is 0 Å². The monoisotopic (exact) mass is 245 g/mol. The van der Waals surface area contributed by atoms with Crippen LogP contribution in [0.4, 0.5) is 0 Å². The summed E-state index contributed by atoms with van der Waals surface area (Å²) in [5, 5.41) is 11.1. The zero-order chi connectivity index (χ0) is 12.1. The summed E-state index contributed by atoms with van der Waals surface area (Å²) in [5.41, 5.74) is 0.443. The molecule has 1 unspecified atom stereocenters. The molecule has 0 radical (unpaired) electrons. The molecule has 0 aliphatic rings. The molecule has 0 aliphatic carbocycles. The number of aliphatic carboxylic acids is 1. The van der Waals surface area contributed by atoms with Crippen LogP contribution in [-0.4, -0.2) is 18.1 Å². The second kappa shape index (κ2) is 7.69. The number of hydrogen-bond acceptors (Lipinski definition) is 4. The summed E-state index contributed by atoms with van der Waals surface area (Å²) in [6, 6.07) is 3.42. The number of rotatable bonds is 5. The van der Waals surface area contributed by atoms with Gasteiger partial charge in [-0.3, -0.25) is 4.98 Å². The van der Waals surface area contributed by atoms with Gasteiger partial charge in [0.05, 0.1) is 18.8 Å². The van der Waals surface area contributed by atoms with Crippen molar-refractivity contribution in [2.24, 2.45) is 5.92 Å². The van der Waals surface area contributed by atoms with Gasteiger partial charge in [0.15, 0.2) is 0 Å². The number of aromatic nitrogens is 1. The van der Waals surface area contributed by atoms with Crippen molar-refractivity contribution in [3.8, 4) is 5.75 Å². The van der Waals surface area contributed by atoms with Gasteiger partial charge in [0, 0.05) is 12.1 Å². The maximum Gasteiger partial charge on any atom is 1.00 e. The maximum absolute atomic E-state index is 11.1. The van der Waals surface area contributed by atoms with Crippen LogP contribution in [0.5, 0.6) is 5.75 Å². The molecule has 1 aromatic heterocycles. The van der Waals surface area contributed by atoms with Gasteiger partial charge in [-0.2, -0.15) is 0 Å². The van der Waals surface area contributed by atoms with Crippen LogP contribution < -0.4 is 39.4 Å². The number of hydrogen-bond donors (Lipinski definition) is 0. The van der Waals surface area contributed by atoms with Crippen molar-refractivity contribution in [1.29, 1.82) is 0 Å². The number of ether oxygens (including phenoxy) is 1. The minimum Gasteiger partial charge on any atom is -0.549 e. The van der Waals surface area contributed by atoms with Crippen LogP contribution in [0.25, 0.3) is 0 Å². The van der Waals surface area contributed by atoms with Crippen LogP contribution in [0.3, 0.4) is 0 Å². The first-order chi connectivity index (χ1) is 7.56. The molecule has 0 saturated heterocycles. The van der Waals surface area contributed by atoms with Gasteiger partial charge >= 0.3 is 29.6 Å². The van der Waals surface area contributed by atoms with Gasteiger partial charge in [-0.05, 0) is 24.5 Å². The molecule has 1 rings (SSSR count). The van der Waals surface area contributed by atoms with Gasteiger partial charge < -0.3 is 14.6 Å². The minimum absolute atomic E-state index is 0. The van der Waals surface area contributed by atoms with Gasteiger partial charge in [0.1, 0.15) is 5.75 Å². The fourth-order valence-electron chi connectivity index (χ4n) is 1.63. The Morgan fingerprint density at radius 2 is 2.18 bits per heavy atom. The van der Waals surface area contributed by atoms with Gasteiger partial charge in [-0.1, -0.05) is 13.8 Å². The van der Waals surface area contributed by atoms with Gasteiger partial charge in [0.2, 0.25) is 0 Å². The molecule has 88 valence electrons. The van der Waals surface area contributed by atoms with E-state index in [4.69, 9.17) is 4.74 Å². The van der Waals surface area contributed by atoms with E-state index >= 15 is 0 Å². The Morgan fingerprint density at radius 3 is 2.65 bits per heavy atom. The summed E-state index contributed by atoms with van der Waals surface area (Å²) < 4.78 is 5.10. The van der Waals surface area contributed by atoms with Crippen LogP contribution in [0.2, 0.25) is 0 Å². The maximum atomic E-state index is 11.1. The predicted molar refractivity (Wildman–Crippen MR) is 58.0 cm³/mol. The second-order valence-electron chi connectivity index (χ2n) is 4.09. The van der Waals surface area contributed by atoms with Crippen molar-refractivity contribution in [2.45, 2.75) is 26.2 Å². The van der Waals surface area contributed by atoms with Gasteiger partial charge in [-0.15, -0.1) is 0 Å². The molecule has 5 heteroatoms. The molecule has 0 aliphatic heterocycles. The number of methoxy groups -OCH3 is 1. The van der Waals surface area contributed by atoms with E-state index in [9.17, 15) is 9.90 Å². The summed E-state index contributed by atoms with van der Waals surface area (Å²) in [4.78, 5) is 15.2. The van der Waals surface area contributed by atoms with Crippen molar-refractivity contribution in [3.63, 3.8) is 0 Å². The molecule has 1 aromatic rings. The first kappa shape index (κ1) is 16.4. The first-order valence-corrected chi connectivity index (χ1v) is 5.26. The minimum atomic E-state index is -1.11. The Kier molecular flexibility index (Phi) is 7.43. The summed E-state index contributed by atoms with van der Waals surface area (Å²) >= 11 is 0. The van der Waals surface area contributed by atoms with E-state index in [1.807, 2.05) is 13.8 Å². The number of carboxylic acids is 1. The van der Waals surface area contributed by atoms with Crippen molar-refractivity contribution in [1.82, 2.24) is 4.98 Å². The summed E-state index contributed by atoms with van der Waals surface area (Å²) in [5.74, 6) is -1.06. The normalized spacial score (nSPS) is 11.8. The summed E-state index contributed by atoms with van der Waals surface area (Å²) in [6.45, 7) is 3.93. The van der Waals surface area contributed by atoms with Crippen LogP contribution in [0, 0.1) is 5.92 Å². The number of carbonyl (C=O) groups excluding carboxylic acids is 1. The Bertz CT molecular complexity index is 369. The molecule has 0 N–H and O–H groups in total. The standard InChI is InChI=1S/C12H17NO3.Na/c1-8(2)7-9(12(14)15)11-10(16-3)5-4-6-13-11;/h4-6,8-9H,7H2,1-3H3,(H,14,15);/q;+1/p-1. The third-order valence-corrected chi connectivity index (χ3v) is 2.34. The summed E-state index contributed by atoms with van der Waals surface area (Å²) in [7, 11) is 1.50. The molecular weight excluding hydrogens is 229 g/mol. The van der Waals surface area contributed by atoms with E-state index in [0.29, 0.717) is 17.9 Å². The Balaban J connectivity index is 0.00000256. The van der Waals surface area contributed by atoms with Gasteiger partial charge in [-0.25, -0.2) is 0 Å². The van der Waals surface area contributed by atoms with Crippen molar-refractivity contribution in [3.05, 3.63) is 24.0 Å². The number of nitrogens with zero attached hydrogens (tertiary/aromatic N) is 1. The Morgan fingerprint density at radius 1 is 1.53 bits per heavy atom. The van der Waals surface area contributed by atoms with E-state index < -0.39 is 11.9 Å². The molecule has 1 heterocycles. The van der Waals surface area contributed by atoms with E-state index in [0.717, 1.165) is 0 Å². The smallest absolute Gasteiger partial charge is 0.549 e. The Labute approximate surface area is 124 Å². The van der Waals surface area contributed by atoms with Crippen LogP contribution in [0.15, 0.2) is 18.3 Å². The molecular formula is C12H16NNaO3. The van der Waals surface area contributed by atoms with Crippen LogP contribution in [-0.2, 0) is 4.79 Å². The van der Waals surface area contributed by atoms with E-state index in [1.165, 1.54) is 7.11 Å². The average molecular weight is 245 g/mol. The molecule has 0 amide bonds. The van der Waals surface area contributed by atoms with E-state index in [1.54, 1.807) is 18.3 Å². The molecule has 1 atom stereocenters. The molecule has 0 saturated carbocycles. The number of pyridine rings is 1. The van der Waals surface area contributed by atoms with Gasteiger partial charge in [0.25, 0.3) is 0 Å². The molecule has 0 bridgehead atoms. The molecule has 0 aromatic carbocycles. The molecule has 0 fully saturated rings. The fraction of sp³-hybridized carbons (Fsp3) is 0.500. The molecule has 4 nitrogen and oxygen atoms in total. The third-order valence-electron chi connectivity index (χ3n) is 2.34. The van der Waals surface area contributed by atoms with Crippen LogP contribution in [0.1, 0.15) is 31.9 Å². The van der Waals surface area contributed by atoms with Crippen molar-refractivity contribution in [2.75, 3.05) is 7.11 Å². The fourth-order valence-corrected chi connectivity index (χ4v) is 1.63. The first-order valence-electron chi connectivity index (χ1n) is 5.26. The molecule has 0 spiro atoms. The quantitative estimate of drug-likeness (QED) is 0.561. The number of carbonyl (C=O) groups is 1. The van der Waals surface area contributed by atoms with Crippen molar-refractivity contribution < 1.29 is 44.2 Å². The molecule has 17 heavy (non-hydrogen) atoms. The zero-order valence-electron chi connectivity index (χ0n) is 10.8. The van der Waals surface area contributed by atoms with E-state index in [-0.39, 0.29) is 35.5 Å². The average Bonchev–Trinajstić information content (AvgIpc) is 2.25. The van der Waals surface area contributed by atoms with E-state index in [2.05, 4.69) is 4.98 Å². The Hall–Kier alpha value is -0.580. The second-order valence-corrected chi connectivity index (χ2v) is 4.09.